The van der Waals surface area contributed by atoms with Gasteiger partial charge in [0.2, 0.25) is 0 Å². The Morgan fingerprint density at radius 1 is 1.05 bits per heavy atom. The summed E-state index contributed by atoms with van der Waals surface area (Å²) in [6.45, 7) is 12.2. The van der Waals surface area contributed by atoms with Crippen LogP contribution in [-0.2, 0) is 27.8 Å². The molecule has 0 aliphatic rings. The molecule has 9 nitrogen and oxygen atoms in total. The van der Waals surface area contributed by atoms with Crippen LogP contribution in [0.5, 0.6) is 5.75 Å². The van der Waals surface area contributed by atoms with Gasteiger partial charge in [-0.2, -0.15) is 0 Å². The van der Waals surface area contributed by atoms with Crippen molar-refractivity contribution in [3.05, 3.63) is 64.6 Å². The second-order valence-corrected chi connectivity index (χ2v) is 12.5. The molecule has 0 bridgehead atoms. The van der Waals surface area contributed by atoms with Gasteiger partial charge in [0.15, 0.2) is 0 Å². The summed E-state index contributed by atoms with van der Waals surface area (Å²) in [6, 6.07) is 12.8. The van der Waals surface area contributed by atoms with Gasteiger partial charge in [-0.3, -0.25) is 9.52 Å². The summed E-state index contributed by atoms with van der Waals surface area (Å²) in [5.41, 5.74) is -0.152. The Morgan fingerprint density at radius 3 is 2.36 bits per heavy atom. The number of hydrogen-bond donors (Lipinski definition) is 2. The maximum atomic E-state index is 13.7. The van der Waals surface area contributed by atoms with Gasteiger partial charge in [-0.15, -0.1) is 0 Å². The van der Waals surface area contributed by atoms with E-state index >= 15 is 0 Å². The molecule has 1 amide bonds. The highest BCUT2D eigenvalue weighted by molar-refractivity contribution is 7.92. The molecule has 0 radical (unpaired) electrons. The molecule has 1 heterocycles. The Balaban J connectivity index is 2.15. The molecule has 1 aromatic heterocycles. The summed E-state index contributed by atoms with van der Waals surface area (Å²) < 4.78 is 41.8. The van der Waals surface area contributed by atoms with E-state index < -0.39 is 21.7 Å². The van der Waals surface area contributed by atoms with Crippen LogP contribution < -0.4 is 20.3 Å². The molecule has 0 atom stereocenters. The van der Waals surface area contributed by atoms with E-state index in [1.165, 1.54) is 12.1 Å². The molecule has 212 valence electrons. The quantitative estimate of drug-likeness (QED) is 0.294. The first-order valence-electron chi connectivity index (χ1n) is 13.2. The minimum absolute atomic E-state index is 0.00571. The Kier molecular flexibility index (Phi) is 9.66. The molecule has 10 heteroatoms. The van der Waals surface area contributed by atoms with Crippen molar-refractivity contribution < 1.29 is 22.7 Å². The summed E-state index contributed by atoms with van der Waals surface area (Å²) >= 11 is 0. The van der Waals surface area contributed by atoms with E-state index in [4.69, 9.17) is 9.47 Å². The second kappa shape index (κ2) is 12.5. The third kappa shape index (κ3) is 7.98. The molecule has 3 rings (SSSR count). The standard InChI is InChI=1S/C29H39N3O6S/c1-7-8-16-37-26-24-17-21(31-39(35,36)22-12-10-9-11-13-22)14-15-23(24)27(33)32(19-20(2)3)25(26)18-30-28(34)38-29(4,5)6/h9-15,17,20,31H,7-8,16,18-19H2,1-6H3,(H,30,34). The molecule has 39 heavy (non-hydrogen) atoms. The topological polar surface area (TPSA) is 116 Å². The molecular formula is C29H39N3O6S. The SMILES string of the molecule is CCCCOc1c(CNC(=O)OC(C)(C)C)n(CC(C)C)c(=O)c2ccc(NS(=O)(=O)c3ccccc3)cc12. The molecule has 0 unspecified atom stereocenters. The molecule has 2 aromatic carbocycles. The van der Waals surface area contributed by atoms with E-state index in [1.54, 1.807) is 61.7 Å². The van der Waals surface area contributed by atoms with Gasteiger partial charge in [-0.25, -0.2) is 13.2 Å². The van der Waals surface area contributed by atoms with Crippen molar-refractivity contribution in [1.82, 2.24) is 9.88 Å². The van der Waals surface area contributed by atoms with Crippen LogP contribution in [-0.4, -0.2) is 31.3 Å². The Bertz CT molecular complexity index is 1460. The average molecular weight is 558 g/mol. The number of alkyl carbamates (subject to hydrolysis) is 1. The number of benzene rings is 2. The number of unbranched alkanes of at least 4 members (excludes halogenated alkanes) is 1. The van der Waals surface area contributed by atoms with Gasteiger partial charge in [0, 0.05) is 17.6 Å². The third-order valence-corrected chi connectivity index (χ3v) is 7.12. The van der Waals surface area contributed by atoms with E-state index in [9.17, 15) is 18.0 Å². The van der Waals surface area contributed by atoms with Crippen molar-refractivity contribution in [3.8, 4) is 5.75 Å². The van der Waals surface area contributed by atoms with Gasteiger partial charge in [0.05, 0.1) is 29.1 Å². The van der Waals surface area contributed by atoms with Crippen molar-refractivity contribution in [1.29, 1.82) is 0 Å². The highest BCUT2D eigenvalue weighted by Crippen LogP contribution is 2.32. The van der Waals surface area contributed by atoms with Crippen molar-refractivity contribution in [2.24, 2.45) is 5.92 Å². The zero-order valence-corrected chi connectivity index (χ0v) is 24.4. The monoisotopic (exact) mass is 557 g/mol. The summed E-state index contributed by atoms with van der Waals surface area (Å²) in [5, 5.41) is 3.61. The smallest absolute Gasteiger partial charge is 0.407 e. The van der Waals surface area contributed by atoms with Gasteiger partial charge in [-0.1, -0.05) is 45.4 Å². The number of aromatic nitrogens is 1. The van der Waals surface area contributed by atoms with Crippen molar-refractivity contribution in [2.45, 2.75) is 78.0 Å². The predicted octanol–water partition coefficient (Wildman–Crippen LogP) is 5.66. The first-order valence-corrected chi connectivity index (χ1v) is 14.7. The first kappa shape index (κ1) is 30.0. The van der Waals surface area contributed by atoms with Crippen LogP contribution in [0.1, 0.15) is 60.1 Å². The fourth-order valence-corrected chi connectivity index (χ4v) is 5.10. The zero-order valence-electron chi connectivity index (χ0n) is 23.5. The molecule has 3 aromatic rings. The second-order valence-electron chi connectivity index (χ2n) is 10.8. The van der Waals surface area contributed by atoms with Gasteiger partial charge in [0.25, 0.3) is 15.6 Å². The fraction of sp³-hybridized carbons (Fsp3) is 0.448. The number of nitrogens with one attached hydrogen (secondary N) is 2. The van der Waals surface area contributed by atoms with Crippen LogP contribution in [0.25, 0.3) is 10.8 Å². The Hall–Kier alpha value is -3.53. The lowest BCUT2D eigenvalue weighted by atomic mass is 10.1. The largest absolute Gasteiger partial charge is 0.491 e. The van der Waals surface area contributed by atoms with Crippen LogP contribution in [0.3, 0.4) is 0 Å². The molecule has 2 N–H and O–H groups in total. The Morgan fingerprint density at radius 2 is 1.74 bits per heavy atom. The maximum Gasteiger partial charge on any atom is 0.407 e. The van der Waals surface area contributed by atoms with Crippen molar-refractivity contribution in [2.75, 3.05) is 11.3 Å². The summed E-state index contributed by atoms with van der Waals surface area (Å²) in [7, 11) is -3.85. The van der Waals surface area contributed by atoms with Gasteiger partial charge in [-0.05, 0) is 63.4 Å². The lowest BCUT2D eigenvalue weighted by Gasteiger charge is -2.23. The fourth-order valence-electron chi connectivity index (χ4n) is 4.03. The number of amides is 1. The molecular weight excluding hydrogens is 518 g/mol. The number of anilines is 1. The number of ether oxygens (including phenoxy) is 2. The predicted molar refractivity (Wildman–Crippen MR) is 154 cm³/mol. The number of fused-ring (bicyclic) bond motifs is 1. The highest BCUT2D eigenvalue weighted by Gasteiger charge is 2.23. The summed E-state index contributed by atoms with van der Waals surface area (Å²) in [4.78, 5) is 26.3. The van der Waals surface area contributed by atoms with Crippen molar-refractivity contribution >= 4 is 32.6 Å². The summed E-state index contributed by atoms with van der Waals surface area (Å²) in [5.74, 6) is 0.566. The molecule has 0 spiro atoms. The molecule has 0 aliphatic heterocycles. The van der Waals surface area contributed by atoms with E-state index in [1.807, 2.05) is 20.8 Å². The van der Waals surface area contributed by atoms with Crippen LogP contribution in [0, 0.1) is 5.92 Å². The number of hydrogen-bond acceptors (Lipinski definition) is 6. The Labute approximate surface area is 230 Å². The first-order chi connectivity index (χ1) is 18.3. The zero-order chi connectivity index (χ0) is 28.8. The lowest BCUT2D eigenvalue weighted by Crippen LogP contribution is -2.35. The normalized spacial score (nSPS) is 12.0. The minimum atomic E-state index is -3.85. The number of sulfonamides is 1. The van der Waals surface area contributed by atoms with Crippen LogP contribution >= 0.6 is 0 Å². The van der Waals surface area contributed by atoms with Crippen LogP contribution in [0.2, 0.25) is 0 Å². The van der Waals surface area contributed by atoms with Gasteiger partial charge < -0.3 is 19.4 Å². The average Bonchev–Trinajstić information content (AvgIpc) is 2.85. The van der Waals surface area contributed by atoms with Crippen LogP contribution in [0.4, 0.5) is 10.5 Å². The molecule has 0 saturated heterocycles. The van der Waals surface area contributed by atoms with E-state index in [2.05, 4.69) is 10.0 Å². The number of carbonyl (C=O) groups excluding carboxylic acids is 1. The maximum absolute atomic E-state index is 13.7. The van der Waals surface area contributed by atoms with Gasteiger partial charge >= 0.3 is 6.09 Å². The highest BCUT2D eigenvalue weighted by atomic mass is 32.2. The number of nitrogens with zero attached hydrogens (tertiary/aromatic N) is 1. The summed E-state index contributed by atoms with van der Waals surface area (Å²) in [6.07, 6.45) is 1.07. The minimum Gasteiger partial charge on any atom is -0.491 e. The molecule has 0 fully saturated rings. The number of carbonyl (C=O) groups is 1. The third-order valence-electron chi connectivity index (χ3n) is 5.72. The molecule has 0 aliphatic carbocycles. The molecule has 0 saturated carbocycles. The van der Waals surface area contributed by atoms with Crippen LogP contribution in [0.15, 0.2) is 58.2 Å². The number of pyridine rings is 1. The lowest BCUT2D eigenvalue weighted by molar-refractivity contribution is 0.0521. The van der Waals surface area contributed by atoms with E-state index in [0.717, 1.165) is 12.8 Å². The van der Waals surface area contributed by atoms with E-state index in [-0.39, 0.29) is 22.9 Å². The van der Waals surface area contributed by atoms with Crippen molar-refractivity contribution in [3.63, 3.8) is 0 Å². The van der Waals surface area contributed by atoms with Gasteiger partial charge in [0.1, 0.15) is 11.4 Å². The number of rotatable bonds is 11. The van der Waals surface area contributed by atoms with E-state index in [0.29, 0.717) is 41.1 Å².